The lowest BCUT2D eigenvalue weighted by Crippen LogP contribution is -2.75. The Morgan fingerprint density at radius 3 is 2.58 bits per heavy atom. The molecule has 1 aliphatic carbocycles. The van der Waals surface area contributed by atoms with Crippen LogP contribution in [0.1, 0.15) is 32.8 Å². The van der Waals surface area contributed by atoms with Crippen LogP contribution in [0.4, 0.5) is 0 Å². The van der Waals surface area contributed by atoms with E-state index in [1.165, 1.54) is 0 Å². The third-order valence-electron chi connectivity index (χ3n) is 5.16. The number of hydrogen-bond donors (Lipinski definition) is 2. The average Bonchev–Trinajstić information content (AvgIpc) is 2.58. The van der Waals surface area contributed by atoms with E-state index < -0.39 is 11.0 Å². The minimum atomic E-state index is -0.932. The summed E-state index contributed by atoms with van der Waals surface area (Å²) in [7, 11) is 3.16. The number of hydrogen-bond acceptors (Lipinski definition) is 5. The Bertz CT molecular complexity index is 603. The number of nitrogens with two attached hydrogens (primary N) is 1. The first-order valence-electron chi connectivity index (χ1n) is 8.20. The molecule has 6 nitrogen and oxygen atoms in total. The fraction of sp³-hybridized carbons (Fsp3) is 0.611. The van der Waals surface area contributed by atoms with Gasteiger partial charge in [0, 0.05) is 30.6 Å². The zero-order valence-corrected chi connectivity index (χ0v) is 15.1. The van der Waals surface area contributed by atoms with Crippen LogP contribution in [-0.2, 0) is 16.1 Å². The monoisotopic (exact) mass is 336 g/mol. The van der Waals surface area contributed by atoms with Crippen LogP contribution >= 0.6 is 0 Å². The Kier molecular flexibility index (Phi) is 5.40. The zero-order chi connectivity index (χ0) is 18.0. The summed E-state index contributed by atoms with van der Waals surface area (Å²) < 4.78 is 16.3. The van der Waals surface area contributed by atoms with E-state index in [4.69, 9.17) is 19.9 Å². The molecule has 0 radical (unpaired) electrons. The maximum Gasteiger partial charge on any atom is 0.241 e. The maximum absolute atomic E-state index is 12.7. The van der Waals surface area contributed by atoms with E-state index in [1.807, 2.05) is 39.0 Å². The van der Waals surface area contributed by atoms with Gasteiger partial charge in [-0.3, -0.25) is 4.79 Å². The van der Waals surface area contributed by atoms with Gasteiger partial charge in [-0.1, -0.05) is 26.0 Å². The minimum absolute atomic E-state index is 0.00426. The molecule has 0 saturated heterocycles. The van der Waals surface area contributed by atoms with E-state index >= 15 is 0 Å². The topological polar surface area (TPSA) is 82.8 Å². The highest BCUT2D eigenvalue weighted by atomic mass is 16.5. The van der Waals surface area contributed by atoms with Gasteiger partial charge in [0.05, 0.1) is 20.3 Å². The number of carbonyl (C=O) groups is 1. The van der Waals surface area contributed by atoms with Crippen molar-refractivity contribution in [2.75, 3.05) is 20.8 Å². The molecule has 0 spiro atoms. The molecule has 3 N–H and O–H groups in total. The van der Waals surface area contributed by atoms with Crippen molar-refractivity contribution in [3.05, 3.63) is 23.8 Å². The quantitative estimate of drug-likeness (QED) is 0.794. The van der Waals surface area contributed by atoms with Crippen LogP contribution in [-0.4, -0.2) is 38.4 Å². The van der Waals surface area contributed by atoms with Crippen molar-refractivity contribution in [1.82, 2.24) is 5.32 Å². The molecule has 24 heavy (non-hydrogen) atoms. The van der Waals surface area contributed by atoms with Crippen molar-refractivity contribution >= 4 is 5.91 Å². The average molecular weight is 336 g/mol. The molecule has 2 atom stereocenters. The second-order valence-electron chi connectivity index (χ2n) is 6.68. The van der Waals surface area contributed by atoms with Crippen molar-refractivity contribution in [1.29, 1.82) is 0 Å². The van der Waals surface area contributed by atoms with Gasteiger partial charge in [0.15, 0.2) is 11.5 Å². The van der Waals surface area contributed by atoms with Gasteiger partial charge in [-0.15, -0.1) is 0 Å². The van der Waals surface area contributed by atoms with Crippen LogP contribution in [0.5, 0.6) is 11.5 Å². The van der Waals surface area contributed by atoms with E-state index in [0.29, 0.717) is 31.1 Å². The molecule has 0 bridgehead atoms. The molecular weight excluding hydrogens is 308 g/mol. The maximum atomic E-state index is 12.7. The number of methoxy groups -OCH3 is 2. The summed E-state index contributed by atoms with van der Waals surface area (Å²) in [6.07, 6.45) is 0.527. The fourth-order valence-electron chi connectivity index (χ4n) is 3.25. The highest BCUT2D eigenvalue weighted by Crippen LogP contribution is 2.49. The van der Waals surface area contributed by atoms with Crippen molar-refractivity contribution in [3.8, 4) is 11.5 Å². The molecule has 1 aromatic rings. The molecule has 6 heteroatoms. The van der Waals surface area contributed by atoms with Crippen LogP contribution in [0.25, 0.3) is 0 Å². The summed E-state index contributed by atoms with van der Waals surface area (Å²) in [5.74, 6) is 1.08. The molecule has 134 valence electrons. The SMILES string of the molecule is CCOC1CC(N)(C(=O)NCc2cccc(OC)c2OC)C1(C)C. The van der Waals surface area contributed by atoms with E-state index in [1.54, 1.807) is 14.2 Å². The number of amides is 1. The third-order valence-corrected chi connectivity index (χ3v) is 5.16. The summed E-state index contributed by atoms with van der Waals surface area (Å²) in [4.78, 5) is 12.7. The number of para-hydroxylation sites is 1. The van der Waals surface area contributed by atoms with Crippen LogP contribution in [0.3, 0.4) is 0 Å². The van der Waals surface area contributed by atoms with E-state index in [9.17, 15) is 4.79 Å². The Morgan fingerprint density at radius 1 is 1.33 bits per heavy atom. The molecule has 0 aliphatic heterocycles. The van der Waals surface area contributed by atoms with Crippen molar-refractivity contribution in [2.24, 2.45) is 11.1 Å². The molecule has 1 fully saturated rings. The van der Waals surface area contributed by atoms with E-state index in [2.05, 4.69) is 5.32 Å². The smallest absolute Gasteiger partial charge is 0.241 e. The van der Waals surface area contributed by atoms with E-state index in [-0.39, 0.29) is 12.0 Å². The molecule has 2 rings (SSSR count). The van der Waals surface area contributed by atoms with Crippen LogP contribution in [0.15, 0.2) is 18.2 Å². The molecule has 0 aromatic heterocycles. The van der Waals surface area contributed by atoms with Crippen LogP contribution < -0.4 is 20.5 Å². The standard InChI is InChI=1S/C18H28N2O4/c1-6-24-14-10-18(19,17(14,2)3)16(21)20-11-12-8-7-9-13(22-4)15(12)23-5/h7-9,14H,6,10-11,19H2,1-5H3,(H,20,21). The van der Waals surface area contributed by atoms with Gasteiger partial charge < -0.3 is 25.3 Å². The molecule has 0 heterocycles. The molecule has 1 saturated carbocycles. The predicted molar refractivity (Wildman–Crippen MR) is 92.1 cm³/mol. The highest BCUT2D eigenvalue weighted by Gasteiger charge is 2.62. The summed E-state index contributed by atoms with van der Waals surface area (Å²) >= 11 is 0. The molecule has 1 aliphatic rings. The normalized spacial score (nSPS) is 24.8. The highest BCUT2D eigenvalue weighted by molar-refractivity contribution is 5.88. The molecule has 1 aromatic carbocycles. The minimum Gasteiger partial charge on any atom is -0.493 e. The number of carbonyl (C=O) groups excluding carboxylic acids is 1. The van der Waals surface area contributed by atoms with Crippen LogP contribution in [0, 0.1) is 5.41 Å². The second kappa shape index (κ2) is 6.99. The Balaban J connectivity index is 2.07. The number of ether oxygens (including phenoxy) is 3. The summed E-state index contributed by atoms with van der Waals surface area (Å²) in [5.41, 5.74) is 5.88. The summed E-state index contributed by atoms with van der Waals surface area (Å²) in [5, 5.41) is 2.93. The third kappa shape index (κ3) is 2.96. The Morgan fingerprint density at radius 2 is 2.04 bits per heavy atom. The zero-order valence-electron chi connectivity index (χ0n) is 15.1. The van der Waals surface area contributed by atoms with Gasteiger partial charge in [-0.05, 0) is 13.0 Å². The first kappa shape index (κ1) is 18.5. The van der Waals surface area contributed by atoms with Gasteiger partial charge in [0.2, 0.25) is 5.91 Å². The Hall–Kier alpha value is -1.79. The van der Waals surface area contributed by atoms with Gasteiger partial charge >= 0.3 is 0 Å². The summed E-state index contributed by atoms with van der Waals surface area (Å²) in [6, 6.07) is 5.56. The van der Waals surface area contributed by atoms with E-state index in [0.717, 1.165) is 5.56 Å². The van der Waals surface area contributed by atoms with Gasteiger partial charge in [-0.2, -0.15) is 0 Å². The number of nitrogens with one attached hydrogen (secondary N) is 1. The lowest BCUT2D eigenvalue weighted by molar-refractivity contribution is -0.170. The lowest BCUT2D eigenvalue weighted by Gasteiger charge is -2.57. The van der Waals surface area contributed by atoms with Gasteiger partial charge in [-0.25, -0.2) is 0 Å². The largest absolute Gasteiger partial charge is 0.493 e. The first-order valence-corrected chi connectivity index (χ1v) is 8.20. The van der Waals surface area contributed by atoms with Crippen molar-refractivity contribution < 1.29 is 19.0 Å². The number of rotatable bonds is 7. The second-order valence-corrected chi connectivity index (χ2v) is 6.68. The van der Waals surface area contributed by atoms with Crippen molar-refractivity contribution in [3.63, 3.8) is 0 Å². The predicted octanol–water partition coefficient (Wildman–Crippen LogP) is 1.85. The van der Waals surface area contributed by atoms with Crippen LogP contribution in [0.2, 0.25) is 0 Å². The number of benzene rings is 1. The molecule has 1 amide bonds. The fourth-order valence-corrected chi connectivity index (χ4v) is 3.25. The van der Waals surface area contributed by atoms with Gasteiger partial charge in [0.1, 0.15) is 5.54 Å². The lowest BCUT2D eigenvalue weighted by atomic mass is 9.54. The first-order chi connectivity index (χ1) is 11.3. The molecule has 2 unspecified atom stereocenters. The van der Waals surface area contributed by atoms with Crippen molar-refractivity contribution in [2.45, 2.75) is 45.4 Å². The van der Waals surface area contributed by atoms with Gasteiger partial charge in [0.25, 0.3) is 0 Å². The Labute approximate surface area is 143 Å². The summed E-state index contributed by atoms with van der Waals surface area (Å²) in [6.45, 7) is 6.84. The molecular formula is C18H28N2O4.